The average Bonchev–Trinajstić information content (AvgIpc) is 2.89. The van der Waals surface area contributed by atoms with E-state index in [2.05, 4.69) is 0 Å². The lowest BCUT2D eigenvalue weighted by atomic mass is 9.97. The molecule has 0 bridgehead atoms. The summed E-state index contributed by atoms with van der Waals surface area (Å²) >= 11 is 0. The summed E-state index contributed by atoms with van der Waals surface area (Å²) in [4.78, 5) is 14.7. The average molecular weight is 330 g/mol. The Labute approximate surface area is 141 Å². The van der Waals surface area contributed by atoms with Gasteiger partial charge in [-0.05, 0) is 50.8 Å². The lowest BCUT2D eigenvalue weighted by Gasteiger charge is -2.31. The summed E-state index contributed by atoms with van der Waals surface area (Å²) < 4.78 is 15.9. The third-order valence-electron chi connectivity index (χ3n) is 4.91. The molecule has 1 saturated heterocycles. The van der Waals surface area contributed by atoms with Crippen LogP contribution in [0.4, 0.5) is 4.39 Å². The van der Waals surface area contributed by atoms with Crippen LogP contribution in [0.3, 0.4) is 0 Å². The molecule has 0 spiro atoms. The summed E-state index contributed by atoms with van der Waals surface area (Å²) in [5, 5.41) is 9.23. The van der Waals surface area contributed by atoms with Crippen molar-refractivity contribution in [3.05, 3.63) is 53.1 Å². The van der Waals surface area contributed by atoms with Crippen molar-refractivity contribution in [2.75, 3.05) is 19.7 Å². The van der Waals surface area contributed by atoms with E-state index in [4.69, 9.17) is 0 Å². The molecule has 0 radical (unpaired) electrons. The van der Waals surface area contributed by atoms with Crippen LogP contribution in [0.1, 0.15) is 34.6 Å². The number of nitrogens with zero attached hydrogens (tertiary/aromatic N) is 2. The molecule has 1 N–H and O–H groups in total. The standard InChI is InChI=1S/C19H23FN2O2/c1-13-11-16(19(24)21-9-7-15(12-23)8-10-21)14(2)22(13)18-6-4-3-5-17(18)20/h3-6,11,15,23H,7-10,12H2,1-2H3. The van der Waals surface area contributed by atoms with E-state index in [0.717, 1.165) is 24.2 Å². The monoisotopic (exact) mass is 330 g/mol. The molecule has 4 nitrogen and oxygen atoms in total. The van der Waals surface area contributed by atoms with Crippen LogP contribution in [0.5, 0.6) is 0 Å². The van der Waals surface area contributed by atoms with Gasteiger partial charge < -0.3 is 14.6 Å². The first-order chi connectivity index (χ1) is 11.5. The van der Waals surface area contributed by atoms with Gasteiger partial charge in [0.15, 0.2) is 0 Å². The number of rotatable bonds is 3. The number of carbonyl (C=O) groups is 1. The lowest BCUT2D eigenvalue weighted by Crippen LogP contribution is -2.39. The molecule has 1 amide bonds. The quantitative estimate of drug-likeness (QED) is 0.940. The molecular formula is C19H23FN2O2. The molecule has 1 fully saturated rings. The predicted molar refractivity (Wildman–Crippen MR) is 90.9 cm³/mol. The lowest BCUT2D eigenvalue weighted by molar-refractivity contribution is 0.0650. The van der Waals surface area contributed by atoms with Crippen molar-refractivity contribution in [3.8, 4) is 5.69 Å². The Morgan fingerprint density at radius 1 is 1.25 bits per heavy atom. The molecule has 1 aliphatic heterocycles. The van der Waals surface area contributed by atoms with Gasteiger partial charge in [-0.25, -0.2) is 4.39 Å². The first-order valence-corrected chi connectivity index (χ1v) is 8.37. The van der Waals surface area contributed by atoms with Gasteiger partial charge in [-0.15, -0.1) is 0 Å². The second kappa shape index (κ2) is 6.77. The topological polar surface area (TPSA) is 45.5 Å². The minimum atomic E-state index is -0.304. The Kier molecular flexibility index (Phi) is 4.71. The zero-order chi connectivity index (χ0) is 17.3. The van der Waals surface area contributed by atoms with Crippen molar-refractivity contribution in [3.63, 3.8) is 0 Å². The van der Waals surface area contributed by atoms with Crippen LogP contribution in [0, 0.1) is 25.6 Å². The third kappa shape index (κ3) is 2.96. The van der Waals surface area contributed by atoms with Gasteiger partial charge in [0.1, 0.15) is 5.82 Å². The number of halogens is 1. The van der Waals surface area contributed by atoms with Gasteiger partial charge in [0.2, 0.25) is 0 Å². The van der Waals surface area contributed by atoms with Crippen LogP contribution in [0.2, 0.25) is 0 Å². The molecule has 128 valence electrons. The Balaban J connectivity index is 1.89. The normalized spacial score (nSPS) is 15.8. The van der Waals surface area contributed by atoms with Gasteiger partial charge in [-0.2, -0.15) is 0 Å². The van der Waals surface area contributed by atoms with Crippen molar-refractivity contribution >= 4 is 5.91 Å². The van der Waals surface area contributed by atoms with Crippen molar-refractivity contribution in [2.24, 2.45) is 5.92 Å². The number of aliphatic hydroxyl groups is 1. The summed E-state index contributed by atoms with van der Waals surface area (Å²) in [6.45, 7) is 5.24. The van der Waals surface area contributed by atoms with Crippen LogP contribution in [-0.4, -0.2) is 40.2 Å². The molecular weight excluding hydrogens is 307 g/mol. The zero-order valence-corrected chi connectivity index (χ0v) is 14.1. The largest absolute Gasteiger partial charge is 0.396 e. The maximum atomic E-state index is 14.1. The fraction of sp³-hybridized carbons (Fsp3) is 0.421. The minimum Gasteiger partial charge on any atom is -0.396 e. The number of hydrogen-bond donors (Lipinski definition) is 1. The highest BCUT2D eigenvalue weighted by Crippen LogP contribution is 2.25. The van der Waals surface area contributed by atoms with E-state index in [9.17, 15) is 14.3 Å². The van der Waals surface area contributed by atoms with Gasteiger partial charge in [-0.3, -0.25) is 4.79 Å². The second-order valence-electron chi connectivity index (χ2n) is 6.49. The fourth-order valence-electron chi connectivity index (χ4n) is 3.47. The highest BCUT2D eigenvalue weighted by molar-refractivity contribution is 5.96. The van der Waals surface area contributed by atoms with Crippen LogP contribution >= 0.6 is 0 Å². The number of para-hydroxylation sites is 1. The molecule has 5 heteroatoms. The number of aliphatic hydroxyl groups excluding tert-OH is 1. The zero-order valence-electron chi connectivity index (χ0n) is 14.1. The van der Waals surface area contributed by atoms with Crippen molar-refractivity contribution < 1.29 is 14.3 Å². The maximum Gasteiger partial charge on any atom is 0.255 e. The van der Waals surface area contributed by atoms with Gasteiger partial charge in [0, 0.05) is 31.1 Å². The predicted octanol–water partition coefficient (Wildman–Crippen LogP) is 3.08. The fourth-order valence-corrected chi connectivity index (χ4v) is 3.47. The number of likely N-dealkylation sites (tertiary alicyclic amines) is 1. The van der Waals surface area contributed by atoms with Gasteiger partial charge >= 0.3 is 0 Å². The number of hydrogen-bond acceptors (Lipinski definition) is 2. The van der Waals surface area contributed by atoms with Gasteiger partial charge in [-0.1, -0.05) is 12.1 Å². The Bertz CT molecular complexity index is 746. The molecule has 24 heavy (non-hydrogen) atoms. The van der Waals surface area contributed by atoms with Gasteiger partial charge in [0.25, 0.3) is 5.91 Å². The van der Waals surface area contributed by atoms with E-state index < -0.39 is 0 Å². The number of aryl methyl sites for hydroxylation is 1. The summed E-state index contributed by atoms with van der Waals surface area (Å²) in [5.41, 5.74) is 2.68. The molecule has 0 atom stereocenters. The maximum absolute atomic E-state index is 14.1. The molecule has 3 rings (SSSR count). The van der Waals surface area contributed by atoms with Crippen LogP contribution in [0.15, 0.2) is 30.3 Å². The highest BCUT2D eigenvalue weighted by atomic mass is 19.1. The molecule has 1 aromatic heterocycles. The second-order valence-corrected chi connectivity index (χ2v) is 6.49. The number of aromatic nitrogens is 1. The molecule has 0 aliphatic carbocycles. The number of piperidine rings is 1. The van der Waals surface area contributed by atoms with E-state index in [1.54, 1.807) is 22.8 Å². The first kappa shape index (κ1) is 16.7. The smallest absolute Gasteiger partial charge is 0.255 e. The number of carbonyl (C=O) groups excluding carboxylic acids is 1. The molecule has 0 unspecified atom stereocenters. The van der Waals surface area contributed by atoms with Crippen molar-refractivity contribution in [1.29, 1.82) is 0 Å². The summed E-state index contributed by atoms with van der Waals surface area (Å²) in [6.07, 6.45) is 1.66. The molecule has 2 aromatic rings. The molecule has 1 aromatic carbocycles. The highest BCUT2D eigenvalue weighted by Gasteiger charge is 2.26. The first-order valence-electron chi connectivity index (χ1n) is 8.37. The van der Waals surface area contributed by atoms with E-state index in [0.29, 0.717) is 30.3 Å². The van der Waals surface area contributed by atoms with E-state index >= 15 is 0 Å². The van der Waals surface area contributed by atoms with Crippen molar-refractivity contribution in [2.45, 2.75) is 26.7 Å². The Hall–Kier alpha value is -2.14. The summed E-state index contributed by atoms with van der Waals surface area (Å²) in [7, 11) is 0. The van der Waals surface area contributed by atoms with Crippen LogP contribution in [0.25, 0.3) is 5.69 Å². The Morgan fingerprint density at radius 2 is 1.92 bits per heavy atom. The summed E-state index contributed by atoms with van der Waals surface area (Å²) in [5.74, 6) is -0.0240. The number of amides is 1. The third-order valence-corrected chi connectivity index (χ3v) is 4.91. The van der Waals surface area contributed by atoms with E-state index in [-0.39, 0.29) is 18.3 Å². The van der Waals surface area contributed by atoms with Gasteiger partial charge in [0.05, 0.1) is 11.3 Å². The van der Waals surface area contributed by atoms with Crippen LogP contribution < -0.4 is 0 Å². The Morgan fingerprint density at radius 3 is 2.54 bits per heavy atom. The minimum absolute atomic E-state index is 0.0120. The van der Waals surface area contributed by atoms with E-state index in [1.807, 2.05) is 24.8 Å². The van der Waals surface area contributed by atoms with E-state index in [1.165, 1.54) is 6.07 Å². The molecule has 1 aliphatic rings. The molecule has 0 saturated carbocycles. The summed E-state index contributed by atoms with van der Waals surface area (Å²) in [6, 6.07) is 8.43. The van der Waals surface area contributed by atoms with Crippen molar-refractivity contribution in [1.82, 2.24) is 9.47 Å². The number of benzene rings is 1. The van der Waals surface area contributed by atoms with Crippen LogP contribution in [-0.2, 0) is 0 Å². The molecule has 2 heterocycles. The SMILES string of the molecule is Cc1cc(C(=O)N2CCC(CO)CC2)c(C)n1-c1ccccc1F.